The van der Waals surface area contributed by atoms with Crippen molar-refractivity contribution in [2.75, 3.05) is 7.05 Å². The molecule has 6 heteroatoms. The van der Waals surface area contributed by atoms with E-state index in [1.54, 1.807) is 11.9 Å². The molecule has 2 saturated heterocycles. The summed E-state index contributed by atoms with van der Waals surface area (Å²) in [5.74, 6) is -0.392. The van der Waals surface area contributed by atoms with Gasteiger partial charge in [0.15, 0.2) is 6.10 Å². The Kier molecular flexibility index (Phi) is 2.77. The molecule has 2 aliphatic rings. The van der Waals surface area contributed by atoms with Crippen LogP contribution in [0.2, 0.25) is 0 Å². The summed E-state index contributed by atoms with van der Waals surface area (Å²) in [5.41, 5.74) is -0.491. The summed E-state index contributed by atoms with van der Waals surface area (Å²) in [6, 6.07) is 0. The first kappa shape index (κ1) is 12.2. The van der Waals surface area contributed by atoms with E-state index in [1.165, 1.54) is 6.92 Å². The number of carbonyl (C=O) groups is 2. The Bertz CT molecular complexity index is 358. The first-order chi connectivity index (χ1) is 7.84. The molecule has 6 nitrogen and oxygen atoms in total. The highest BCUT2D eigenvalue weighted by molar-refractivity contribution is 5.71. The van der Waals surface area contributed by atoms with Crippen molar-refractivity contribution in [3.8, 4) is 0 Å². The highest BCUT2D eigenvalue weighted by Gasteiger charge is 2.57. The molecule has 1 amide bonds. The normalized spacial score (nSPS) is 40.8. The zero-order chi connectivity index (χ0) is 12.8. The van der Waals surface area contributed by atoms with E-state index in [4.69, 9.17) is 14.2 Å². The summed E-state index contributed by atoms with van der Waals surface area (Å²) in [4.78, 5) is 24.1. The number of fused-ring (bicyclic) bond motifs is 1. The van der Waals surface area contributed by atoms with E-state index in [2.05, 4.69) is 0 Å². The molecule has 0 aliphatic carbocycles. The summed E-state index contributed by atoms with van der Waals surface area (Å²) < 4.78 is 15.9. The lowest BCUT2D eigenvalue weighted by Gasteiger charge is -2.43. The molecule has 0 N–H and O–H groups in total. The minimum atomic E-state index is -0.624. The first-order valence-corrected chi connectivity index (χ1v) is 5.61. The number of esters is 1. The molecule has 2 fully saturated rings. The van der Waals surface area contributed by atoms with Gasteiger partial charge in [0, 0.05) is 20.4 Å². The van der Waals surface area contributed by atoms with Crippen LogP contribution in [0.25, 0.3) is 0 Å². The molecule has 0 aromatic carbocycles. The Morgan fingerprint density at radius 1 is 1.59 bits per heavy atom. The van der Waals surface area contributed by atoms with E-state index in [1.807, 2.05) is 13.8 Å². The molecule has 17 heavy (non-hydrogen) atoms. The van der Waals surface area contributed by atoms with E-state index in [0.29, 0.717) is 6.42 Å². The predicted octanol–water partition coefficient (Wildman–Crippen LogP) is 0.894. The second-order valence-corrected chi connectivity index (χ2v) is 4.80. The summed E-state index contributed by atoms with van der Waals surface area (Å²) in [6.45, 7) is 5.06. The Balaban J connectivity index is 2.19. The molecule has 0 aromatic heterocycles. The quantitative estimate of drug-likeness (QED) is 0.640. The molecule has 0 unspecified atom stereocenters. The van der Waals surface area contributed by atoms with E-state index in [-0.39, 0.29) is 18.3 Å². The number of hydrogen-bond acceptors (Lipinski definition) is 5. The first-order valence-electron chi connectivity index (χ1n) is 5.61. The third-order valence-corrected chi connectivity index (χ3v) is 3.55. The van der Waals surface area contributed by atoms with Gasteiger partial charge < -0.3 is 19.1 Å². The highest BCUT2D eigenvalue weighted by Crippen LogP contribution is 2.40. The van der Waals surface area contributed by atoms with Gasteiger partial charge in [-0.05, 0) is 13.8 Å². The minimum absolute atomic E-state index is 0.299. The zero-order valence-electron chi connectivity index (χ0n) is 10.4. The van der Waals surface area contributed by atoms with Gasteiger partial charge in [0.25, 0.3) is 0 Å². The van der Waals surface area contributed by atoms with Crippen molar-refractivity contribution in [1.29, 1.82) is 0 Å². The Labute approximate surface area is 99.8 Å². The SMILES string of the molecule is CC(=O)O[C@@H]1C[C@@]2(C)[C@H](OC(=O)N2C)[C@H](C)O1. The number of likely N-dealkylation sites (N-methyl/N-ethyl adjacent to an activating group) is 1. The number of rotatable bonds is 1. The molecule has 2 rings (SSSR count). The Hall–Kier alpha value is -1.30. The second kappa shape index (κ2) is 3.87. The fraction of sp³-hybridized carbons (Fsp3) is 0.818. The van der Waals surface area contributed by atoms with Gasteiger partial charge in [-0.25, -0.2) is 4.79 Å². The molecule has 0 radical (unpaired) electrons. The standard InChI is InChI=1S/C11H17NO5/c1-6-9-11(3,12(4)10(14)17-9)5-8(15-6)16-7(2)13/h6,8-9H,5H2,1-4H3/t6-,8+,9+,11-/m0/s1. The smallest absolute Gasteiger partial charge is 0.410 e. The topological polar surface area (TPSA) is 65.1 Å². The summed E-state index contributed by atoms with van der Waals surface area (Å²) in [7, 11) is 1.69. The van der Waals surface area contributed by atoms with E-state index >= 15 is 0 Å². The maximum atomic E-state index is 11.6. The zero-order valence-corrected chi connectivity index (χ0v) is 10.4. The lowest BCUT2D eigenvalue weighted by atomic mass is 9.85. The third kappa shape index (κ3) is 1.86. The van der Waals surface area contributed by atoms with Crippen molar-refractivity contribution < 1.29 is 23.8 Å². The van der Waals surface area contributed by atoms with Crippen LogP contribution < -0.4 is 0 Å². The molecule has 0 saturated carbocycles. The minimum Gasteiger partial charge on any atom is -0.441 e. The largest absolute Gasteiger partial charge is 0.441 e. The molecule has 0 bridgehead atoms. The van der Waals surface area contributed by atoms with Crippen molar-refractivity contribution in [3.05, 3.63) is 0 Å². The maximum absolute atomic E-state index is 11.6. The van der Waals surface area contributed by atoms with Gasteiger partial charge in [-0.1, -0.05) is 0 Å². The highest BCUT2D eigenvalue weighted by atomic mass is 16.7. The number of amides is 1. The van der Waals surface area contributed by atoms with Crippen LogP contribution in [0.5, 0.6) is 0 Å². The molecule has 4 atom stereocenters. The van der Waals surface area contributed by atoms with Crippen LogP contribution >= 0.6 is 0 Å². The number of ether oxygens (including phenoxy) is 3. The molecule has 2 aliphatic heterocycles. The average molecular weight is 243 g/mol. The van der Waals surface area contributed by atoms with Gasteiger partial charge in [0.05, 0.1) is 11.6 Å². The van der Waals surface area contributed by atoms with Crippen LogP contribution in [0.15, 0.2) is 0 Å². The predicted molar refractivity (Wildman–Crippen MR) is 57.2 cm³/mol. The number of carbonyl (C=O) groups excluding carboxylic acids is 2. The van der Waals surface area contributed by atoms with E-state index < -0.39 is 17.8 Å². The summed E-state index contributed by atoms with van der Waals surface area (Å²) in [6.07, 6.45) is -1.19. The lowest BCUT2D eigenvalue weighted by molar-refractivity contribution is -0.230. The Morgan fingerprint density at radius 2 is 2.24 bits per heavy atom. The average Bonchev–Trinajstić information content (AvgIpc) is 2.41. The van der Waals surface area contributed by atoms with Crippen molar-refractivity contribution in [1.82, 2.24) is 4.90 Å². The van der Waals surface area contributed by atoms with Crippen LogP contribution in [0.3, 0.4) is 0 Å². The van der Waals surface area contributed by atoms with Crippen molar-refractivity contribution in [2.24, 2.45) is 0 Å². The molecule has 2 heterocycles. The number of nitrogens with zero attached hydrogens (tertiary/aromatic N) is 1. The second-order valence-electron chi connectivity index (χ2n) is 4.80. The molecule has 0 spiro atoms. The van der Waals surface area contributed by atoms with Crippen LogP contribution in [-0.2, 0) is 19.0 Å². The molecular weight excluding hydrogens is 226 g/mol. The van der Waals surface area contributed by atoms with Gasteiger partial charge in [-0.15, -0.1) is 0 Å². The van der Waals surface area contributed by atoms with E-state index in [9.17, 15) is 9.59 Å². The van der Waals surface area contributed by atoms with Crippen molar-refractivity contribution in [2.45, 2.75) is 51.2 Å². The maximum Gasteiger partial charge on any atom is 0.410 e. The Morgan fingerprint density at radius 3 is 2.82 bits per heavy atom. The number of hydrogen-bond donors (Lipinski definition) is 0. The van der Waals surface area contributed by atoms with Gasteiger partial charge in [-0.2, -0.15) is 0 Å². The van der Waals surface area contributed by atoms with Gasteiger partial charge >= 0.3 is 12.1 Å². The van der Waals surface area contributed by atoms with Gasteiger partial charge in [0.1, 0.15) is 0 Å². The van der Waals surface area contributed by atoms with Crippen LogP contribution in [0.4, 0.5) is 4.79 Å². The van der Waals surface area contributed by atoms with Crippen LogP contribution in [0.1, 0.15) is 27.2 Å². The van der Waals surface area contributed by atoms with Crippen LogP contribution in [0, 0.1) is 0 Å². The fourth-order valence-corrected chi connectivity index (χ4v) is 2.52. The summed E-state index contributed by atoms with van der Waals surface area (Å²) in [5, 5.41) is 0. The van der Waals surface area contributed by atoms with E-state index in [0.717, 1.165) is 0 Å². The third-order valence-electron chi connectivity index (χ3n) is 3.55. The van der Waals surface area contributed by atoms with Crippen LogP contribution in [-0.4, -0.2) is 48.0 Å². The van der Waals surface area contributed by atoms with Gasteiger partial charge in [-0.3, -0.25) is 4.79 Å². The van der Waals surface area contributed by atoms with Crippen molar-refractivity contribution in [3.63, 3.8) is 0 Å². The van der Waals surface area contributed by atoms with Gasteiger partial charge in [0.2, 0.25) is 6.29 Å². The molecule has 96 valence electrons. The summed E-state index contributed by atoms with van der Waals surface area (Å²) >= 11 is 0. The monoisotopic (exact) mass is 243 g/mol. The fourth-order valence-electron chi connectivity index (χ4n) is 2.52. The van der Waals surface area contributed by atoms with Crippen molar-refractivity contribution >= 4 is 12.1 Å². The lowest BCUT2D eigenvalue weighted by Crippen LogP contribution is -2.58. The molecular formula is C11H17NO5. The molecule has 0 aromatic rings.